The minimum Gasteiger partial charge on any atom is -0.497 e. The normalized spacial score (nSPS) is 16.9. The Morgan fingerprint density at radius 3 is 2.40 bits per heavy atom. The van der Waals surface area contributed by atoms with Gasteiger partial charge in [0.25, 0.3) is 0 Å². The number of nitrogens with one attached hydrogen (secondary N) is 1. The lowest BCUT2D eigenvalue weighted by molar-refractivity contribution is 0.187. The lowest BCUT2D eigenvalue weighted by atomic mass is 9.93. The Morgan fingerprint density at radius 2 is 1.68 bits per heavy atom. The summed E-state index contributed by atoms with van der Waals surface area (Å²) in [7, 11) is 1.72. The van der Waals surface area contributed by atoms with E-state index in [1.54, 1.807) is 7.11 Å². The molecule has 3 aromatic rings. The number of rotatable bonds is 4. The number of fused-ring (bicyclic) bond motifs is 1. The summed E-state index contributed by atoms with van der Waals surface area (Å²) in [6, 6.07) is 17.6. The second-order valence-electron chi connectivity index (χ2n) is 6.98. The molecule has 0 unspecified atom stereocenters. The number of nitrogens with zero attached hydrogens (tertiary/aromatic N) is 1. The number of ether oxygens (including phenoxy) is 1. The third-order valence-electron chi connectivity index (χ3n) is 5.40. The van der Waals surface area contributed by atoms with Gasteiger partial charge in [0.05, 0.1) is 13.2 Å². The van der Waals surface area contributed by atoms with Crippen LogP contribution in [0.25, 0.3) is 10.9 Å². The molecule has 1 atom stereocenters. The molecule has 0 spiro atoms. The summed E-state index contributed by atoms with van der Waals surface area (Å²) in [5, 5.41) is 1.34. The minimum atomic E-state index is 0.294. The van der Waals surface area contributed by atoms with E-state index in [2.05, 4.69) is 65.3 Å². The topological polar surface area (TPSA) is 28.3 Å². The molecular weight excluding hydrogens is 308 g/mol. The van der Waals surface area contributed by atoms with E-state index in [4.69, 9.17) is 4.74 Å². The van der Waals surface area contributed by atoms with E-state index in [1.807, 2.05) is 0 Å². The van der Waals surface area contributed by atoms with Crippen molar-refractivity contribution in [2.75, 3.05) is 20.2 Å². The Bertz CT molecular complexity index is 844. The fourth-order valence-corrected chi connectivity index (χ4v) is 4.17. The van der Waals surface area contributed by atoms with Gasteiger partial charge in [-0.2, -0.15) is 0 Å². The number of aromatic nitrogens is 1. The van der Waals surface area contributed by atoms with Crippen molar-refractivity contribution in [1.82, 2.24) is 9.88 Å². The molecule has 25 heavy (non-hydrogen) atoms. The molecule has 1 saturated heterocycles. The number of H-pyrrole nitrogens is 1. The Balaban J connectivity index is 1.85. The molecule has 3 heteroatoms. The fourth-order valence-electron chi connectivity index (χ4n) is 4.17. The van der Waals surface area contributed by atoms with Crippen molar-refractivity contribution < 1.29 is 4.74 Å². The summed E-state index contributed by atoms with van der Waals surface area (Å²) in [5.74, 6) is 0.914. The highest BCUT2D eigenvalue weighted by Crippen LogP contribution is 2.37. The summed E-state index contributed by atoms with van der Waals surface area (Å²) in [6.07, 6.45) is 3.92. The average molecular weight is 334 g/mol. The van der Waals surface area contributed by atoms with E-state index in [9.17, 15) is 0 Å². The van der Waals surface area contributed by atoms with Gasteiger partial charge in [0.15, 0.2) is 0 Å². The highest BCUT2D eigenvalue weighted by molar-refractivity contribution is 5.85. The molecule has 3 nitrogen and oxygen atoms in total. The van der Waals surface area contributed by atoms with Gasteiger partial charge in [-0.3, -0.25) is 4.90 Å². The molecule has 2 aromatic carbocycles. The lowest BCUT2D eigenvalue weighted by Gasteiger charge is -2.35. The number of para-hydroxylation sites is 1. The van der Waals surface area contributed by atoms with Gasteiger partial charge >= 0.3 is 0 Å². The fraction of sp³-hybridized carbons (Fsp3) is 0.364. The predicted molar refractivity (Wildman–Crippen MR) is 103 cm³/mol. The molecule has 0 amide bonds. The highest BCUT2D eigenvalue weighted by Gasteiger charge is 2.27. The SMILES string of the molecule is COc1ccc([C@H](c2c(C)[nH]c3ccccc23)N2CCCCC2)cc1. The van der Waals surface area contributed by atoms with Crippen LogP contribution in [0.3, 0.4) is 0 Å². The van der Waals surface area contributed by atoms with Gasteiger partial charge in [0.1, 0.15) is 5.75 Å². The molecule has 0 radical (unpaired) electrons. The number of aryl methyl sites for hydroxylation is 1. The Hall–Kier alpha value is -2.26. The zero-order valence-corrected chi connectivity index (χ0v) is 15.1. The van der Waals surface area contributed by atoms with E-state index in [0.717, 1.165) is 18.8 Å². The third-order valence-corrected chi connectivity index (χ3v) is 5.40. The molecule has 1 aromatic heterocycles. The zero-order valence-electron chi connectivity index (χ0n) is 15.1. The second-order valence-corrected chi connectivity index (χ2v) is 6.98. The van der Waals surface area contributed by atoms with Crippen LogP contribution in [0.4, 0.5) is 0 Å². The molecule has 1 N–H and O–H groups in total. The van der Waals surface area contributed by atoms with Gasteiger partial charge in [-0.25, -0.2) is 0 Å². The predicted octanol–water partition coefficient (Wildman–Crippen LogP) is 5.06. The molecular formula is C22H26N2O. The Kier molecular flexibility index (Phi) is 4.50. The number of piperidine rings is 1. The maximum Gasteiger partial charge on any atom is 0.118 e. The van der Waals surface area contributed by atoms with E-state index in [-0.39, 0.29) is 0 Å². The molecule has 130 valence electrons. The number of benzene rings is 2. The van der Waals surface area contributed by atoms with Gasteiger partial charge in [-0.15, -0.1) is 0 Å². The van der Waals surface area contributed by atoms with Crippen LogP contribution in [0.15, 0.2) is 48.5 Å². The molecule has 0 bridgehead atoms. The van der Waals surface area contributed by atoms with Crippen molar-refractivity contribution in [3.63, 3.8) is 0 Å². The van der Waals surface area contributed by atoms with Crippen LogP contribution in [0.2, 0.25) is 0 Å². The smallest absolute Gasteiger partial charge is 0.118 e. The van der Waals surface area contributed by atoms with E-state index in [1.165, 1.54) is 47.0 Å². The zero-order chi connectivity index (χ0) is 17.2. The summed E-state index contributed by atoms with van der Waals surface area (Å²) in [5.41, 5.74) is 5.26. The van der Waals surface area contributed by atoms with Crippen LogP contribution >= 0.6 is 0 Å². The first-order chi connectivity index (χ1) is 12.3. The van der Waals surface area contributed by atoms with Crippen LogP contribution < -0.4 is 4.74 Å². The maximum atomic E-state index is 5.36. The largest absolute Gasteiger partial charge is 0.497 e. The van der Waals surface area contributed by atoms with Crippen molar-refractivity contribution in [3.8, 4) is 5.75 Å². The molecule has 1 aliphatic rings. The van der Waals surface area contributed by atoms with E-state index < -0.39 is 0 Å². The van der Waals surface area contributed by atoms with Crippen molar-refractivity contribution in [2.24, 2.45) is 0 Å². The van der Waals surface area contributed by atoms with Crippen molar-refractivity contribution in [3.05, 3.63) is 65.4 Å². The monoisotopic (exact) mass is 334 g/mol. The van der Waals surface area contributed by atoms with Crippen LogP contribution in [-0.4, -0.2) is 30.1 Å². The van der Waals surface area contributed by atoms with Gasteiger partial charge in [0.2, 0.25) is 0 Å². The first-order valence-corrected chi connectivity index (χ1v) is 9.23. The third kappa shape index (κ3) is 3.05. The Morgan fingerprint density at radius 1 is 0.960 bits per heavy atom. The van der Waals surface area contributed by atoms with Crippen LogP contribution in [0.1, 0.15) is 42.1 Å². The summed E-state index contributed by atoms with van der Waals surface area (Å²) < 4.78 is 5.36. The molecule has 0 aliphatic carbocycles. The molecule has 4 rings (SSSR count). The number of aromatic amines is 1. The minimum absolute atomic E-state index is 0.294. The van der Waals surface area contributed by atoms with Gasteiger partial charge in [-0.05, 0) is 56.6 Å². The van der Waals surface area contributed by atoms with Gasteiger partial charge < -0.3 is 9.72 Å². The van der Waals surface area contributed by atoms with Gasteiger partial charge in [0, 0.05) is 22.2 Å². The van der Waals surface area contributed by atoms with Crippen molar-refractivity contribution in [2.45, 2.75) is 32.2 Å². The molecule has 1 aliphatic heterocycles. The second kappa shape index (κ2) is 6.93. The average Bonchev–Trinajstić information content (AvgIpc) is 3.00. The summed E-state index contributed by atoms with van der Waals surface area (Å²) in [4.78, 5) is 6.23. The van der Waals surface area contributed by atoms with Crippen LogP contribution in [-0.2, 0) is 0 Å². The van der Waals surface area contributed by atoms with E-state index >= 15 is 0 Å². The van der Waals surface area contributed by atoms with Gasteiger partial charge in [-0.1, -0.05) is 36.8 Å². The van der Waals surface area contributed by atoms with Crippen molar-refractivity contribution in [1.29, 1.82) is 0 Å². The standard InChI is InChI=1S/C22H26N2O/c1-16-21(19-8-4-5-9-20(19)23-16)22(24-14-6-3-7-15-24)17-10-12-18(25-2)13-11-17/h4-5,8-13,22-23H,3,6-7,14-15H2,1-2H3/t22-/m1/s1. The summed E-state index contributed by atoms with van der Waals surface area (Å²) >= 11 is 0. The maximum absolute atomic E-state index is 5.36. The molecule has 2 heterocycles. The lowest BCUT2D eigenvalue weighted by Crippen LogP contribution is -2.34. The highest BCUT2D eigenvalue weighted by atomic mass is 16.5. The van der Waals surface area contributed by atoms with E-state index in [0.29, 0.717) is 6.04 Å². The molecule has 0 saturated carbocycles. The number of likely N-dealkylation sites (tertiary alicyclic amines) is 1. The Labute approximate surface area is 149 Å². The summed E-state index contributed by atoms with van der Waals surface area (Å²) in [6.45, 7) is 4.53. The van der Waals surface area contributed by atoms with Crippen LogP contribution in [0, 0.1) is 6.92 Å². The van der Waals surface area contributed by atoms with Crippen LogP contribution in [0.5, 0.6) is 5.75 Å². The quantitative estimate of drug-likeness (QED) is 0.722. The number of hydrogen-bond donors (Lipinski definition) is 1. The first kappa shape index (κ1) is 16.2. The number of methoxy groups -OCH3 is 1. The molecule has 1 fully saturated rings. The number of hydrogen-bond acceptors (Lipinski definition) is 2. The van der Waals surface area contributed by atoms with Crippen molar-refractivity contribution >= 4 is 10.9 Å². The first-order valence-electron chi connectivity index (χ1n) is 9.23.